The molecule has 0 fully saturated rings. The van der Waals surface area contributed by atoms with E-state index in [-0.39, 0.29) is 10.0 Å². The van der Waals surface area contributed by atoms with Crippen LogP contribution in [0.15, 0.2) is 22.7 Å². The van der Waals surface area contributed by atoms with Gasteiger partial charge in [0.1, 0.15) is 5.75 Å². The minimum atomic E-state index is -4.83. The van der Waals surface area contributed by atoms with Gasteiger partial charge in [-0.1, -0.05) is 0 Å². The van der Waals surface area contributed by atoms with E-state index in [9.17, 15) is 22.4 Å². The summed E-state index contributed by atoms with van der Waals surface area (Å²) in [6.07, 6.45) is -4.83. The highest BCUT2D eigenvalue weighted by Gasteiger charge is 2.32. The average molecular weight is 287 g/mol. The van der Waals surface area contributed by atoms with Gasteiger partial charge in [0.2, 0.25) is 0 Å². The Labute approximate surface area is 90.0 Å². The zero-order valence-electron chi connectivity index (χ0n) is 6.94. The quantitative estimate of drug-likeness (QED) is 0.615. The third-order valence-electron chi connectivity index (χ3n) is 1.38. The van der Waals surface area contributed by atoms with Crippen molar-refractivity contribution in [2.75, 3.05) is 0 Å². The molecule has 0 aliphatic carbocycles. The maximum absolute atomic E-state index is 12.2. The van der Waals surface area contributed by atoms with E-state index in [0.717, 1.165) is 18.2 Å². The number of carbonyl (C=O) groups excluding carboxylic acids is 1. The number of benzene rings is 1. The summed E-state index contributed by atoms with van der Waals surface area (Å²) in [5, 5.41) is 0. The first-order valence-electron chi connectivity index (χ1n) is 3.55. The fourth-order valence-electron chi connectivity index (χ4n) is 0.831. The first kappa shape index (κ1) is 12.0. The van der Waals surface area contributed by atoms with E-state index < -0.39 is 18.1 Å². The Kier molecular flexibility index (Phi) is 3.33. The summed E-state index contributed by atoms with van der Waals surface area (Å²) in [6, 6.07) is 0.927. The summed E-state index contributed by atoms with van der Waals surface area (Å²) in [6.45, 7) is 0. The minimum absolute atomic E-state index is 0.150. The second-order valence-electron chi connectivity index (χ2n) is 2.47. The van der Waals surface area contributed by atoms with E-state index in [2.05, 4.69) is 20.7 Å². The standard InChI is InChI=1S/C8H3BrF4O2/c9-5-3-4(7(10)14)1-2-6(5)15-8(11,12)13/h1-3H. The fourth-order valence-corrected chi connectivity index (χ4v) is 1.29. The SMILES string of the molecule is O=C(F)c1ccc(OC(F)(F)F)c(Br)c1. The van der Waals surface area contributed by atoms with Crippen molar-refractivity contribution in [3.05, 3.63) is 28.2 Å². The maximum atomic E-state index is 12.2. The predicted molar refractivity (Wildman–Crippen MR) is 46.3 cm³/mol. The Bertz CT molecular complexity index is 389. The van der Waals surface area contributed by atoms with Gasteiger partial charge in [-0.05, 0) is 34.1 Å². The van der Waals surface area contributed by atoms with Gasteiger partial charge in [-0.3, -0.25) is 4.79 Å². The lowest BCUT2D eigenvalue weighted by Crippen LogP contribution is -2.17. The van der Waals surface area contributed by atoms with Crippen LogP contribution in [0.5, 0.6) is 5.75 Å². The highest BCUT2D eigenvalue weighted by atomic mass is 79.9. The zero-order chi connectivity index (χ0) is 11.6. The van der Waals surface area contributed by atoms with E-state index in [0.29, 0.717) is 0 Å². The number of ether oxygens (including phenoxy) is 1. The van der Waals surface area contributed by atoms with Gasteiger partial charge in [0.05, 0.1) is 10.0 Å². The van der Waals surface area contributed by atoms with Crippen LogP contribution in [0.1, 0.15) is 10.4 Å². The summed E-state index contributed by atoms with van der Waals surface area (Å²) in [5.41, 5.74) is -0.351. The first-order valence-corrected chi connectivity index (χ1v) is 4.34. The molecule has 0 bridgehead atoms. The van der Waals surface area contributed by atoms with Gasteiger partial charge >= 0.3 is 12.4 Å². The minimum Gasteiger partial charge on any atom is -0.405 e. The second kappa shape index (κ2) is 4.18. The van der Waals surface area contributed by atoms with Crippen molar-refractivity contribution in [2.45, 2.75) is 6.36 Å². The van der Waals surface area contributed by atoms with E-state index in [1.807, 2.05) is 0 Å². The lowest BCUT2D eigenvalue weighted by molar-refractivity contribution is -0.274. The number of hydrogen-bond donors (Lipinski definition) is 0. The number of rotatable bonds is 2. The fraction of sp³-hybridized carbons (Fsp3) is 0.125. The second-order valence-corrected chi connectivity index (χ2v) is 3.32. The van der Waals surface area contributed by atoms with E-state index >= 15 is 0 Å². The normalized spacial score (nSPS) is 11.3. The monoisotopic (exact) mass is 286 g/mol. The topological polar surface area (TPSA) is 26.3 Å². The average Bonchev–Trinajstić information content (AvgIpc) is 2.05. The van der Waals surface area contributed by atoms with Crippen LogP contribution >= 0.6 is 15.9 Å². The Morgan fingerprint density at radius 2 is 1.93 bits per heavy atom. The molecule has 0 amide bonds. The van der Waals surface area contributed by atoms with Crippen LogP contribution in [-0.2, 0) is 0 Å². The van der Waals surface area contributed by atoms with Gasteiger partial charge < -0.3 is 4.74 Å². The molecule has 82 valence electrons. The molecule has 0 aliphatic heterocycles. The van der Waals surface area contributed by atoms with Gasteiger partial charge in [-0.2, -0.15) is 4.39 Å². The molecule has 1 rings (SSSR count). The summed E-state index contributed by atoms with van der Waals surface area (Å²) < 4.78 is 51.0. The maximum Gasteiger partial charge on any atom is 0.573 e. The van der Waals surface area contributed by atoms with Gasteiger partial charge in [-0.15, -0.1) is 13.2 Å². The molecule has 0 spiro atoms. The molecule has 1 aromatic rings. The lowest BCUT2D eigenvalue weighted by Gasteiger charge is -2.10. The van der Waals surface area contributed by atoms with Gasteiger partial charge in [0.15, 0.2) is 0 Å². The largest absolute Gasteiger partial charge is 0.573 e. The molecule has 15 heavy (non-hydrogen) atoms. The van der Waals surface area contributed by atoms with Crippen LogP contribution in [0.2, 0.25) is 0 Å². The molecule has 0 atom stereocenters. The summed E-state index contributed by atoms with van der Waals surface area (Å²) >= 11 is 2.72. The molecule has 0 N–H and O–H groups in total. The van der Waals surface area contributed by atoms with Crippen molar-refractivity contribution < 1.29 is 27.1 Å². The molecule has 0 radical (unpaired) electrons. The predicted octanol–water partition coefficient (Wildman–Crippen LogP) is 3.46. The molecule has 0 unspecified atom stereocenters. The number of hydrogen-bond acceptors (Lipinski definition) is 2. The van der Waals surface area contributed by atoms with Crippen molar-refractivity contribution in [1.82, 2.24) is 0 Å². The van der Waals surface area contributed by atoms with E-state index in [1.165, 1.54) is 0 Å². The molecular formula is C8H3BrF4O2. The van der Waals surface area contributed by atoms with Crippen LogP contribution < -0.4 is 4.74 Å². The highest BCUT2D eigenvalue weighted by molar-refractivity contribution is 9.10. The van der Waals surface area contributed by atoms with Crippen molar-refractivity contribution in [2.24, 2.45) is 0 Å². The summed E-state index contributed by atoms with van der Waals surface area (Å²) in [5.74, 6) is -0.535. The molecule has 1 aromatic carbocycles. The van der Waals surface area contributed by atoms with Crippen LogP contribution in [0.3, 0.4) is 0 Å². The Morgan fingerprint density at radius 3 is 2.33 bits per heavy atom. The first-order chi connectivity index (χ1) is 6.79. The van der Waals surface area contributed by atoms with Crippen LogP contribution in [0, 0.1) is 0 Å². The molecule has 2 nitrogen and oxygen atoms in total. The zero-order valence-corrected chi connectivity index (χ0v) is 8.52. The number of alkyl halides is 3. The van der Waals surface area contributed by atoms with Crippen LogP contribution in [0.4, 0.5) is 17.6 Å². The molecule has 0 saturated carbocycles. The van der Waals surface area contributed by atoms with Crippen molar-refractivity contribution in [3.8, 4) is 5.75 Å². The Morgan fingerprint density at radius 1 is 1.33 bits per heavy atom. The smallest absolute Gasteiger partial charge is 0.405 e. The number of carbonyl (C=O) groups is 1. The Hall–Kier alpha value is -1.11. The van der Waals surface area contributed by atoms with Crippen molar-refractivity contribution in [3.63, 3.8) is 0 Å². The summed E-state index contributed by atoms with van der Waals surface area (Å²) in [7, 11) is 0. The molecule has 7 heteroatoms. The molecule has 0 aromatic heterocycles. The molecular weight excluding hydrogens is 284 g/mol. The third-order valence-corrected chi connectivity index (χ3v) is 2.00. The highest BCUT2D eigenvalue weighted by Crippen LogP contribution is 2.31. The number of halogens is 5. The van der Waals surface area contributed by atoms with Crippen LogP contribution in [-0.4, -0.2) is 12.4 Å². The van der Waals surface area contributed by atoms with Crippen molar-refractivity contribution >= 4 is 22.0 Å². The lowest BCUT2D eigenvalue weighted by atomic mass is 10.2. The van der Waals surface area contributed by atoms with Crippen molar-refractivity contribution in [1.29, 1.82) is 0 Å². The van der Waals surface area contributed by atoms with Gasteiger partial charge in [0.25, 0.3) is 0 Å². The van der Waals surface area contributed by atoms with E-state index in [4.69, 9.17) is 0 Å². The molecule has 0 saturated heterocycles. The van der Waals surface area contributed by atoms with Gasteiger partial charge in [-0.25, -0.2) is 0 Å². The summed E-state index contributed by atoms with van der Waals surface area (Å²) in [4.78, 5) is 10.2. The van der Waals surface area contributed by atoms with Gasteiger partial charge in [0, 0.05) is 0 Å². The van der Waals surface area contributed by atoms with Crippen LogP contribution in [0.25, 0.3) is 0 Å². The van der Waals surface area contributed by atoms with E-state index in [1.54, 1.807) is 0 Å². The molecule has 0 heterocycles. The molecule has 0 aliphatic rings. The third kappa shape index (κ3) is 3.50. The Balaban J connectivity index is 2.99.